The molecule has 0 aromatic carbocycles. The summed E-state index contributed by atoms with van der Waals surface area (Å²) in [5.74, 6) is -1.99. The second-order valence-corrected chi connectivity index (χ2v) is 7.11. The lowest BCUT2D eigenvalue weighted by Crippen LogP contribution is -2.62. The molecule has 2 heterocycles. The number of likely N-dealkylation sites (N-methyl/N-ethyl adjacent to an activating group) is 1. The molecule has 1 aliphatic carbocycles. The second kappa shape index (κ2) is 8.56. The molecule has 2 saturated heterocycles. The van der Waals surface area contributed by atoms with Gasteiger partial charge in [0.1, 0.15) is 0 Å². The number of piperidine rings is 1. The molecule has 1 spiro atoms. The molecule has 1 N–H and O–H groups in total. The average Bonchev–Trinajstić information content (AvgIpc) is 2.54. The topological polar surface area (TPSA) is 70.1 Å². The van der Waals surface area contributed by atoms with Crippen LogP contribution in [0.5, 0.6) is 0 Å². The molecule has 26 heavy (non-hydrogen) atoms. The molecule has 3 fully saturated rings. The molecule has 1 saturated carbocycles. The number of ether oxygens (including phenoxy) is 1. The van der Waals surface area contributed by atoms with Crippen molar-refractivity contribution in [3.05, 3.63) is 0 Å². The molecule has 0 bridgehead atoms. The quantitative estimate of drug-likeness (QED) is 0.795. The monoisotopic (exact) mass is 380 g/mol. The smallest absolute Gasteiger partial charge is 0.475 e. The largest absolute Gasteiger partial charge is 0.490 e. The minimum atomic E-state index is -5.08. The summed E-state index contributed by atoms with van der Waals surface area (Å²) < 4.78 is 37.5. The van der Waals surface area contributed by atoms with Gasteiger partial charge in [-0.3, -0.25) is 9.69 Å². The van der Waals surface area contributed by atoms with Gasteiger partial charge in [-0.1, -0.05) is 13.3 Å². The van der Waals surface area contributed by atoms with Crippen LogP contribution < -0.4 is 0 Å². The molecule has 0 unspecified atom stereocenters. The van der Waals surface area contributed by atoms with Gasteiger partial charge in [0.25, 0.3) is 0 Å². The maximum Gasteiger partial charge on any atom is 0.490 e. The van der Waals surface area contributed by atoms with Crippen LogP contribution in [0.15, 0.2) is 0 Å². The third-order valence-electron chi connectivity index (χ3n) is 5.63. The van der Waals surface area contributed by atoms with Crippen molar-refractivity contribution in [2.45, 2.75) is 50.7 Å². The van der Waals surface area contributed by atoms with Crippen molar-refractivity contribution in [2.75, 3.05) is 39.4 Å². The molecule has 150 valence electrons. The summed E-state index contributed by atoms with van der Waals surface area (Å²) in [5, 5.41) is 7.12. The lowest BCUT2D eigenvalue weighted by atomic mass is 9.81. The lowest BCUT2D eigenvalue weighted by Gasteiger charge is -2.51. The number of amides is 1. The zero-order valence-electron chi connectivity index (χ0n) is 15.1. The van der Waals surface area contributed by atoms with Crippen LogP contribution in [0.1, 0.15) is 39.0 Å². The summed E-state index contributed by atoms with van der Waals surface area (Å²) >= 11 is 0. The molecule has 0 atom stereocenters. The summed E-state index contributed by atoms with van der Waals surface area (Å²) in [5.41, 5.74) is 0.212. The van der Waals surface area contributed by atoms with Crippen LogP contribution in [0.4, 0.5) is 13.2 Å². The first kappa shape index (κ1) is 21.0. The molecule has 2 aliphatic heterocycles. The normalized spacial score (nSPS) is 23.8. The van der Waals surface area contributed by atoms with Crippen LogP contribution in [0.2, 0.25) is 0 Å². The highest BCUT2D eigenvalue weighted by Crippen LogP contribution is 2.34. The van der Waals surface area contributed by atoms with E-state index in [1.165, 1.54) is 6.42 Å². The highest BCUT2D eigenvalue weighted by Gasteiger charge is 2.43. The Morgan fingerprint density at radius 1 is 1.19 bits per heavy atom. The Labute approximate surface area is 151 Å². The first-order valence-electron chi connectivity index (χ1n) is 9.11. The Bertz CT molecular complexity index is 501. The van der Waals surface area contributed by atoms with Crippen molar-refractivity contribution < 1.29 is 32.6 Å². The Balaban J connectivity index is 0.000000298. The molecule has 0 aromatic heterocycles. The Morgan fingerprint density at radius 2 is 1.77 bits per heavy atom. The van der Waals surface area contributed by atoms with E-state index in [1.54, 1.807) is 0 Å². The van der Waals surface area contributed by atoms with Crippen LogP contribution in [0.3, 0.4) is 0 Å². The Morgan fingerprint density at radius 3 is 2.19 bits per heavy atom. The number of alkyl halides is 3. The second-order valence-electron chi connectivity index (χ2n) is 7.11. The van der Waals surface area contributed by atoms with E-state index in [0.29, 0.717) is 11.8 Å². The van der Waals surface area contributed by atoms with Gasteiger partial charge in [0.15, 0.2) is 0 Å². The standard InChI is InChI=1S/C15H26N2O2.C2HF3O2/c1-2-17-10-11-19-12-15(17)6-8-16(9-7-15)14(18)13-4-3-5-13;3-2(4,5)1(6)7/h13H,2-12H2,1H3;(H,6,7). The molecule has 0 radical (unpaired) electrons. The number of aliphatic carboxylic acids is 1. The minimum absolute atomic E-state index is 0.212. The van der Waals surface area contributed by atoms with Crippen LogP contribution >= 0.6 is 0 Å². The highest BCUT2D eigenvalue weighted by molar-refractivity contribution is 5.79. The van der Waals surface area contributed by atoms with Crippen molar-refractivity contribution in [3.8, 4) is 0 Å². The maximum atomic E-state index is 12.3. The van der Waals surface area contributed by atoms with Crippen molar-refractivity contribution in [2.24, 2.45) is 5.92 Å². The number of likely N-dealkylation sites (tertiary alicyclic amines) is 1. The summed E-state index contributed by atoms with van der Waals surface area (Å²) in [4.78, 5) is 25.9. The van der Waals surface area contributed by atoms with Gasteiger partial charge in [-0.05, 0) is 32.2 Å². The van der Waals surface area contributed by atoms with Gasteiger partial charge in [-0.25, -0.2) is 4.79 Å². The number of carboxylic acid groups (broad SMARTS) is 1. The van der Waals surface area contributed by atoms with E-state index < -0.39 is 12.1 Å². The zero-order chi connectivity index (χ0) is 19.4. The summed E-state index contributed by atoms with van der Waals surface area (Å²) in [6, 6.07) is 0. The Hall–Kier alpha value is -1.35. The fourth-order valence-corrected chi connectivity index (χ4v) is 3.78. The summed E-state index contributed by atoms with van der Waals surface area (Å²) in [6.07, 6.45) is 0.555. The molecule has 0 aromatic rings. The number of morpholine rings is 1. The van der Waals surface area contributed by atoms with E-state index in [2.05, 4.69) is 16.7 Å². The SMILES string of the molecule is CCN1CCOCC12CCN(C(=O)C1CCC1)CC2.O=C(O)C(F)(F)F. The minimum Gasteiger partial charge on any atom is -0.475 e. The predicted octanol–water partition coefficient (Wildman–Crippen LogP) is 2.13. The average molecular weight is 380 g/mol. The molecule has 6 nitrogen and oxygen atoms in total. The third-order valence-corrected chi connectivity index (χ3v) is 5.63. The van der Waals surface area contributed by atoms with Crippen LogP contribution in [-0.2, 0) is 14.3 Å². The van der Waals surface area contributed by atoms with Gasteiger partial charge < -0.3 is 14.7 Å². The van der Waals surface area contributed by atoms with Crippen molar-refractivity contribution >= 4 is 11.9 Å². The van der Waals surface area contributed by atoms with Gasteiger partial charge in [0, 0.05) is 31.1 Å². The number of hydrogen-bond donors (Lipinski definition) is 1. The maximum absolute atomic E-state index is 12.3. The van der Waals surface area contributed by atoms with Crippen LogP contribution in [-0.4, -0.2) is 77.9 Å². The first-order chi connectivity index (χ1) is 12.2. The van der Waals surface area contributed by atoms with Crippen molar-refractivity contribution in [1.29, 1.82) is 0 Å². The number of hydrogen-bond acceptors (Lipinski definition) is 4. The van der Waals surface area contributed by atoms with Gasteiger partial charge in [0.05, 0.1) is 13.2 Å². The molecule has 3 aliphatic rings. The van der Waals surface area contributed by atoms with Gasteiger partial charge in [0.2, 0.25) is 5.91 Å². The van der Waals surface area contributed by atoms with Crippen LogP contribution in [0, 0.1) is 5.92 Å². The zero-order valence-corrected chi connectivity index (χ0v) is 15.1. The predicted molar refractivity (Wildman–Crippen MR) is 87.6 cm³/mol. The van der Waals surface area contributed by atoms with Crippen LogP contribution in [0.25, 0.3) is 0 Å². The number of rotatable bonds is 2. The highest BCUT2D eigenvalue weighted by atomic mass is 19.4. The van der Waals surface area contributed by atoms with Crippen molar-refractivity contribution in [3.63, 3.8) is 0 Å². The summed E-state index contributed by atoms with van der Waals surface area (Å²) in [6.45, 7) is 7.95. The van der Waals surface area contributed by atoms with E-state index in [0.717, 1.165) is 65.1 Å². The van der Waals surface area contributed by atoms with E-state index in [9.17, 15) is 18.0 Å². The van der Waals surface area contributed by atoms with E-state index in [4.69, 9.17) is 14.6 Å². The van der Waals surface area contributed by atoms with Gasteiger partial charge >= 0.3 is 12.1 Å². The summed E-state index contributed by atoms with van der Waals surface area (Å²) in [7, 11) is 0. The van der Waals surface area contributed by atoms with Gasteiger partial charge in [-0.2, -0.15) is 13.2 Å². The number of carboxylic acids is 1. The van der Waals surface area contributed by atoms with E-state index >= 15 is 0 Å². The molecule has 9 heteroatoms. The molecule has 1 amide bonds. The Kier molecular flexibility index (Phi) is 6.90. The van der Waals surface area contributed by atoms with E-state index in [1.807, 2.05) is 0 Å². The number of carbonyl (C=O) groups is 2. The number of nitrogens with zero attached hydrogens (tertiary/aromatic N) is 2. The number of halogens is 3. The number of carbonyl (C=O) groups excluding carboxylic acids is 1. The van der Waals surface area contributed by atoms with E-state index in [-0.39, 0.29) is 5.54 Å². The fraction of sp³-hybridized carbons (Fsp3) is 0.882. The molecular formula is C17H27F3N2O4. The lowest BCUT2D eigenvalue weighted by molar-refractivity contribution is -0.192. The first-order valence-corrected chi connectivity index (χ1v) is 9.11. The van der Waals surface area contributed by atoms with Crippen molar-refractivity contribution in [1.82, 2.24) is 9.80 Å². The fourth-order valence-electron chi connectivity index (χ4n) is 3.78. The molecular weight excluding hydrogens is 353 g/mol. The third kappa shape index (κ3) is 4.88. The molecule has 3 rings (SSSR count). The van der Waals surface area contributed by atoms with Gasteiger partial charge in [-0.15, -0.1) is 0 Å².